The number of amides is 2. The van der Waals surface area contributed by atoms with Gasteiger partial charge >= 0.3 is 6.09 Å². The quantitative estimate of drug-likeness (QED) is 0.212. The number of likely N-dealkylation sites (tertiary alicyclic amines) is 2. The molecule has 2 fully saturated rings. The van der Waals surface area contributed by atoms with Crippen LogP contribution in [0.1, 0.15) is 77.1 Å². The SMILES string of the molecule is CC(=O)N1CCC[C@H]1c1nc2ccc3nc(-c4ccc5c(ccc6nc([C@@H]7CCCN7C(=O)OC(C)(C)C)[nH]c65)c4)ccc3c2[nH]1. The number of imidazole rings is 2. The second-order valence-corrected chi connectivity index (χ2v) is 13.6. The van der Waals surface area contributed by atoms with Crippen LogP contribution in [0.25, 0.3) is 55.0 Å². The van der Waals surface area contributed by atoms with Gasteiger partial charge < -0.3 is 19.6 Å². The zero-order chi connectivity index (χ0) is 31.7. The van der Waals surface area contributed by atoms with Crippen LogP contribution < -0.4 is 0 Å². The van der Waals surface area contributed by atoms with E-state index in [4.69, 9.17) is 19.7 Å². The van der Waals surface area contributed by atoms with Crippen molar-refractivity contribution in [3.63, 3.8) is 0 Å². The summed E-state index contributed by atoms with van der Waals surface area (Å²) in [5, 5.41) is 3.16. The molecule has 6 aromatic rings. The van der Waals surface area contributed by atoms with Crippen molar-refractivity contribution in [1.82, 2.24) is 34.7 Å². The van der Waals surface area contributed by atoms with Gasteiger partial charge in [0.05, 0.1) is 45.4 Å². The Labute approximate surface area is 266 Å². The minimum absolute atomic E-state index is 0.00993. The van der Waals surface area contributed by atoms with Crippen molar-refractivity contribution in [3.05, 3.63) is 66.2 Å². The summed E-state index contributed by atoms with van der Waals surface area (Å²) >= 11 is 0. The van der Waals surface area contributed by atoms with Gasteiger partial charge in [-0.25, -0.2) is 19.7 Å². The summed E-state index contributed by atoms with van der Waals surface area (Å²) in [6, 6.07) is 18.5. The third kappa shape index (κ3) is 4.83. The monoisotopic (exact) mass is 615 g/mol. The number of fused-ring (bicyclic) bond motifs is 6. The molecule has 2 atom stereocenters. The highest BCUT2D eigenvalue weighted by molar-refractivity contribution is 6.06. The van der Waals surface area contributed by atoms with Crippen LogP contribution in [0.15, 0.2) is 54.6 Å². The Balaban J connectivity index is 1.10. The number of rotatable bonds is 3. The van der Waals surface area contributed by atoms with Crippen LogP contribution in [0.3, 0.4) is 0 Å². The molecule has 0 bridgehead atoms. The third-order valence-electron chi connectivity index (χ3n) is 9.30. The molecule has 0 saturated carbocycles. The van der Waals surface area contributed by atoms with Gasteiger partial charge in [0.15, 0.2) is 0 Å². The predicted molar refractivity (Wildman–Crippen MR) is 178 cm³/mol. The fraction of sp³-hybridized carbons (Fsp3) is 0.361. The topological polar surface area (TPSA) is 120 Å². The normalized spacial score (nSPS) is 18.9. The summed E-state index contributed by atoms with van der Waals surface area (Å²) in [5.41, 5.74) is 5.92. The van der Waals surface area contributed by atoms with Gasteiger partial charge in [-0.15, -0.1) is 0 Å². The van der Waals surface area contributed by atoms with Crippen LogP contribution in [0, 0.1) is 0 Å². The first-order valence-corrected chi connectivity index (χ1v) is 16.1. The Hall–Kier alpha value is -4.99. The molecule has 5 heterocycles. The molecule has 46 heavy (non-hydrogen) atoms. The lowest BCUT2D eigenvalue weighted by Crippen LogP contribution is -2.36. The summed E-state index contributed by atoms with van der Waals surface area (Å²) < 4.78 is 5.68. The molecule has 2 aliphatic rings. The Morgan fingerprint density at radius 3 is 2.07 bits per heavy atom. The zero-order valence-corrected chi connectivity index (χ0v) is 26.6. The van der Waals surface area contributed by atoms with Crippen LogP contribution in [-0.4, -0.2) is 65.4 Å². The average molecular weight is 616 g/mol. The van der Waals surface area contributed by atoms with Crippen molar-refractivity contribution in [3.8, 4) is 11.3 Å². The second-order valence-electron chi connectivity index (χ2n) is 13.6. The molecule has 0 spiro atoms. The number of benzene rings is 3. The smallest absolute Gasteiger partial charge is 0.410 e. The Kier molecular flexibility index (Phi) is 6.53. The highest BCUT2D eigenvalue weighted by atomic mass is 16.6. The van der Waals surface area contributed by atoms with Gasteiger partial charge in [0.25, 0.3) is 0 Å². The zero-order valence-electron chi connectivity index (χ0n) is 26.6. The summed E-state index contributed by atoms with van der Waals surface area (Å²) in [7, 11) is 0. The van der Waals surface area contributed by atoms with Crippen molar-refractivity contribution in [2.75, 3.05) is 13.1 Å². The van der Waals surface area contributed by atoms with E-state index in [2.05, 4.69) is 46.4 Å². The molecule has 0 radical (unpaired) electrons. The number of carbonyl (C=O) groups excluding carboxylic acids is 2. The van der Waals surface area contributed by atoms with Crippen molar-refractivity contribution in [1.29, 1.82) is 0 Å². The molecule has 2 aliphatic heterocycles. The standard InChI is InChI=1S/C36H37N7O3/c1-20(44)42-17-5-7-29(42)33-39-28-16-15-26-24(32(28)41-33)12-14-25(37-26)22-9-11-23-21(19-22)10-13-27-31(23)40-34(38-27)30-8-6-18-43(30)35(45)46-36(2,3)4/h9-16,19,29-30H,5-8,17-18H2,1-4H3,(H,38,40)(H,39,41)/t29-,30-/m0/s1. The van der Waals surface area contributed by atoms with E-state index in [9.17, 15) is 9.59 Å². The molecule has 234 valence electrons. The maximum Gasteiger partial charge on any atom is 0.410 e. The van der Waals surface area contributed by atoms with E-state index < -0.39 is 5.60 Å². The number of aromatic nitrogens is 5. The molecule has 8 rings (SSSR count). The van der Waals surface area contributed by atoms with Gasteiger partial charge in [0.2, 0.25) is 5.91 Å². The molecule has 10 nitrogen and oxygen atoms in total. The molecular weight excluding hydrogens is 578 g/mol. The van der Waals surface area contributed by atoms with E-state index in [1.54, 1.807) is 11.8 Å². The molecule has 2 saturated heterocycles. The van der Waals surface area contributed by atoms with Crippen molar-refractivity contribution >= 4 is 55.7 Å². The number of aromatic amines is 2. The highest BCUT2D eigenvalue weighted by Crippen LogP contribution is 2.36. The predicted octanol–water partition coefficient (Wildman–Crippen LogP) is 7.56. The van der Waals surface area contributed by atoms with Gasteiger partial charge in [-0.1, -0.05) is 18.2 Å². The van der Waals surface area contributed by atoms with Crippen LogP contribution >= 0.6 is 0 Å². The lowest BCUT2D eigenvalue weighted by atomic mass is 10.0. The van der Waals surface area contributed by atoms with Crippen LogP contribution in [-0.2, 0) is 9.53 Å². The van der Waals surface area contributed by atoms with Crippen LogP contribution in [0.5, 0.6) is 0 Å². The maximum absolute atomic E-state index is 12.9. The average Bonchev–Trinajstić information content (AvgIpc) is 3.84. The van der Waals surface area contributed by atoms with Gasteiger partial charge in [-0.05, 0) is 88.2 Å². The van der Waals surface area contributed by atoms with Gasteiger partial charge in [-0.3, -0.25) is 9.69 Å². The fourth-order valence-corrected chi connectivity index (χ4v) is 7.19. The summed E-state index contributed by atoms with van der Waals surface area (Å²) in [6.45, 7) is 8.72. The summed E-state index contributed by atoms with van der Waals surface area (Å²) in [6.07, 6.45) is 3.36. The number of carbonyl (C=O) groups is 2. The molecule has 3 aromatic carbocycles. The lowest BCUT2D eigenvalue weighted by Gasteiger charge is -2.27. The molecule has 10 heteroatoms. The van der Waals surface area contributed by atoms with E-state index >= 15 is 0 Å². The number of nitrogens with zero attached hydrogens (tertiary/aromatic N) is 5. The maximum atomic E-state index is 12.9. The van der Waals surface area contributed by atoms with Crippen LogP contribution in [0.2, 0.25) is 0 Å². The van der Waals surface area contributed by atoms with Gasteiger partial charge in [0, 0.05) is 36.3 Å². The van der Waals surface area contributed by atoms with E-state index in [0.29, 0.717) is 6.54 Å². The highest BCUT2D eigenvalue weighted by Gasteiger charge is 2.35. The van der Waals surface area contributed by atoms with Crippen molar-refractivity contribution in [2.24, 2.45) is 0 Å². The Bertz CT molecular complexity index is 2180. The molecular formula is C36H37N7O3. The number of pyridine rings is 1. The Morgan fingerprint density at radius 1 is 0.761 bits per heavy atom. The van der Waals surface area contributed by atoms with Crippen LogP contribution in [0.4, 0.5) is 4.79 Å². The van der Waals surface area contributed by atoms with Gasteiger partial charge in [-0.2, -0.15) is 0 Å². The summed E-state index contributed by atoms with van der Waals surface area (Å²) in [5.74, 6) is 1.72. The van der Waals surface area contributed by atoms with E-state index in [1.807, 2.05) is 43.9 Å². The minimum Gasteiger partial charge on any atom is -0.444 e. The number of ether oxygens (including phenoxy) is 1. The van der Waals surface area contributed by atoms with E-state index in [-0.39, 0.29) is 24.1 Å². The van der Waals surface area contributed by atoms with Crippen molar-refractivity contribution in [2.45, 2.75) is 71.1 Å². The molecule has 2 N–H and O–H groups in total. The first-order chi connectivity index (χ1) is 22.1. The summed E-state index contributed by atoms with van der Waals surface area (Å²) in [4.78, 5) is 50.7. The van der Waals surface area contributed by atoms with Gasteiger partial charge in [0.1, 0.15) is 17.2 Å². The number of hydrogen-bond acceptors (Lipinski definition) is 6. The third-order valence-corrected chi connectivity index (χ3v) is 9.30. The number of hydrogen-bond donors (Lipinski definition) is 2. The van der Waals surface area contributed by atoms with E-state index in [1.165, 1.54) is 0 Å². The molecule has 0 unspecified atom stereocenters. The second kappa shape index (κ2) is 10.5. The Morgan fingerprint density at radius 2 is 1.37 bits per heavy atom. The largest absolute Gasteiger partial charge is 0.444 e. The molecule has 0 aliphatic carbocycles. The molecule has 3 aromatic heterocycles. The first-order valence-electron chi connectivity index (χ1n) is 16.1. The lowest BCUT2D eigenvalue weighted by molar-refractivity contribution is -0.129. The number of nitrogens with one attached hydrogen (secondary N) is 2. The number of H-pyrrole nitrogens is 2. The first kappa shape index (κ1) is 28.5. The van der Waals surface area contributed by atoms with E-state index in [0.717, 1.165) is 98.9 Å². The van der Waals surface area contributed by atoms with Crippen molar-refractivity contribution < 1.29 is 14.3 Å². The molecule has 2 amide bonds. The minimum atomic E-state index is -0.546. The fourth-order valence-electron chi connectivity index (χ4n) is 7.19.